The fourth-order valence-electron chi connectivity index (χ4n) is 1.70. The highest BCUT2D eigenvalue weighted by molar-refractivity contribution is 5.99. The van der Waals surface area contributed by atoms with E-state index in [0.717, 1.165) is 13.0 Å². The Kier molecular flexibility index (Phi) is 4.02. The summed E-state index contributed by atoms with van der Waals surface area (Å²) in [5, 5.41) is 15.9. The molecule has 0 unspecified atom stereocenters. The molecule has 0 fully saturated rings. The summed E-state index contributed by atoms with van der Waals surface area (Å²) in [5.74, 6) is 1.15. The number of para-hydroxylation sites is 1. The van der Waals surface area contributed by atoms with Crippen molar-refractivity contribution in [1.29, 1.82) is 0 Å². The van der Waals surface area contributed by atoms with Crippen LogP contribution in [0.1, 0.15) is 18.9 Å². The van der Waals surface area contributed by atoms with E-state index in [1.807, 2.05) is 12.3 Å². The minimum absolute atomic E-state index is 0.0107. The van der Waals surface area contributed by atoms with Gasteiger partial charge in [0.1, 0.15) is 5.75 Å². The molecule has 1 aromatic carbocycles. The van der Waals surface area contributed by atoms with Crippen LogP contribution in [0.15, 0.2) is 41.8 Å². The molecule has 2 rings (SSSR count). The van der Waals surface area contributed by atoms with E-state index < -0.39 is 0 Å². The second kappa shape index (κ2) is 5.90. The fourth-order valence-corrected chi connectivity index (χ4v) is 1.70. The fraction of sp³-hybridized carbons (Fsp3) is 0.231. The Morgan fingerprint density at radius 1 is 1.47 bits per heavy atom. The second-order valence-electron chi connectivity index (χ2n) is 4.02. The Bertz CT molecular complexity index is 578. The first-order chi connectivity index (χ1) is 9.24. The maximum absolute atomic E-state index is 8.74. The lowest BCUT2D eigenvalue weighted by molar-refractivity contribution is 0.318. The summed E-state index contributed by atoms with van der Waals surface area (Å²) in [5.41, 5.74) is 6.14. The first-order valence-electron chi connectivity index (χ1n) is 6.01. The van der Waals surface area contributed by atoms with E-state index in [9.17, 15) is 0 Å². The topological polar surface area (TPSA) is 85.7 Å². The van der Waals surface area contributed by atoms with Crippen molar-refractivity contribution in [2.45, 2.75) is 19.9 Å². The van der Waals surface area contributed by atoms with E-state index in [4.69, 9.17) is 15.7 Å². The van der Waals surface area contributed by atoms with Crippen LogP contribution in [0.3, 0.4) is 0 Å². The number of nitrogens with zero attached hydrogens (tertiary/aromatic N) is 3. The van der Waals surface area contributed by atoms with Crippen LogP contribution in [-0.4, -0.2) is 20.8 Å². The molecule has 6 heteroatoms. The molecule has 0 aliphatic rings. The van der Waals surface area contributed by atoms with Gasteiger partial charge in [-0.05, 0) is 18.6 Å². The van der Waals surface area contributed by atoms with E-state index >= 15 is 0 Å². The van der Waals surface area contributed by atoms with Crippen LogP contribution < -0.4 is 10.5 Å². The average molecular weight is 260 g/mol. The first kappa shape index (κ1) is 12.9. The molecule has 19 heavy (non-hydrogen) atoms. The zero-order valence-electron chi connectivity index (χ0n) is 10.7. The minimum atomic E-state index is 0.0107. The molecule has 3 N–H and O–H groups in total. The third-order valence-corrected chi connectivity index (χ3v) is 2.56. The van der Waals surface area contributed by atoms with Crippen molar-refractivity contribution in [2.24, 2.45) is 10.9 Å². The number of rotatable bonds is 5. The second-order valence-corrected chi connectivity index (χ2v) is 4.02. The highest BCUT2D eigenvalue weighted by Crippen LogP contribution is 2.24. The third-order valence-electron chi connectivity index (χ3n) is 2.56. The largest absolute Gasteiger partial charge is 0.453 e. The number of amidine groups is 1. The Morgan fingerprint density at radius 2 is 2.26 bits per heavy atom. The molecular weight excluding hydrogens is 244 g/mol. The molecule has 0 spiro atoms. The molecule has 2 aromatic rings. The molecule has 0 aliphatic carbocycles. The first-order valence-corrected chi connectivity index (χ1v) is 6.01. The molecule has 0 bridgehead atoms. The Labute approximate surface area is 111 Å². The minimum Gasteiger partial charge on any atom is -0.453 e. The number of hydrogen-bond acceptors (Lipinski definition) is 4. The van der Waals surface area contributed by atoms with Crippen molar-refractivity contribution in [3.05, 3.63) is 42.2 Å². The van der Waals surface area contributed by atoms with Crippen LogP contribution in [0.4, 0.5) is 0 Å². The van der Waals surface area contributed by atoms with Gasteiger partial charge in [-0.15, -0.1) is 0 Å². The van der Waals surface area contributed by atoms with Crippen LogP contribution in [0.5, 0.6) is 11.5 Å². The summed E-state index contributed by atoms with van der Waals surface area (Å²) in [6.07, 6.45) is 4.45. The Balaban J connectivity index is 2.22. The van der Waals surface area contributed by atoms with Crippen molar-refractivity contribution in [3.63, 3.8) is 0 Å². The lowest BCUT2D eigenvalue weighted by Crippen LogP contribution is -2.13. The van der Waals surface area contributed by atoms with Crippen molar-refractivity contribution in [1.82, 2.24) is 9.78 Å². The number of aromatic nitrogens is 2. The summed E-state index contributed by atoms with van der Waals surface area (Å²) in [6.45, 7) is 2.92. The lowest BCUT2D eigenvalue weighted by Gasteiger charge is -2.07. The zero-order valence-corrected chi connectivity index (χ0v) is 10.7. The lowest BCUT2D eigenvalue weighted by atomic mass is 10.2. The SMILES string of the molecule is CCCn1cc(Oc2ccccc2/C(N)=N/O)cn1. The number of nitrogens with two attached hydrogens (primary N) is 1. The van der Waals surface area contributed by atoms with E-state index in [2.05, 4.69) is 17.2 Å². The van der Waals surface area contributed by atoms with Crippen molar-refractivity contribution in [2.75, 3.05) is 0 Å². The van der Waals surface area contributed by atoms with E-state index in [1.165, 1.54) is 0 Å². The summed E-state index contributed by atoms with van der Waals surface area (Å²) in [7, 11) is 0. The van der Waals surface area contributed by atoms with Crippen molar-refractivity contribution in [3.8, 4) is 11.5 Å². The number of oxime groups is 1. The van der Waals surface area contributed by atoms with Gasteiger partial charge in [-0.2, -0.15) is 5.10 Å². The van der Waals surface area contributed by atoms with Crippen LogP contribution in [-0.2, 0) is 6.54 Å². The van der Waals surface area contributed by atoms with E-state index in [1.54, 1.807) is 29.1 Å². The summed E-state index contributed by atoms with van der Waals surface area (Å²) < 4.78 is 7.51. The Hall–Kier alpha value is -2.50. The molecule has 1 aromatic heterocycles. The molecule has 0 atom stereocenters. The predicted octanol–water partition coefficient (Wildman–Crippen LogP) is 2.18. The van der Waals surface area contributed by atoms with Crippen LogP contribution >= 0.6 is 0 Å². The van der Waals surface area contributed by atoms with E-state index in [-0.39, 0.29) is 5.84 Å². The van der Waals surface area contributed by atoms with Gasteiger partial charge in [-0.1, -0.05) is 24.2 Å². The molecule has 0 amide bonds. The molecule has 6 nitrogen and oxygen atoms in total. The molecule has 0 aliphatic heterocycles. The van der Waals surface area contributed by atoms with Crippen LogP contribution in [0.2, 0.25) is 0 Å². The molecule has 100 valence electrons. The highest BCUT2D eigenvalue weighted by Gasteiger charge is 2.09. The highest BCUT2D eigenvalue weighted by atomic mass is 16.5. The van der Waals surface area contributed by atoms with Gasteiger partial charge < -0.3 is 15.7 Å². The van der Waals surface area contributed by atoms with Gasteiger partial charge in [0.2, 0.25) is 0 Å². The predicted molar refractivity (Wildman–Crippen MR) is 71.5 cm³/mol. The summed E-state index contributed by atoms with van der Waals surface area (Å²) in [6, 6.07) is 7.09. The van der Waals surface area contributed by atoms with Gasteiger partial charge in [0.15, 0.2) is 11.6 Å². The smallest absolute Gasteiger partial charge is 0.173 e. The summed E-state index contributed by atoms with van der Waals surface area (Å²) >= 11 is 0. The molecule has 0 radical (unpaired) electrons. The average Bonchev–Trinajstić information content (AvgIpc) is 2.86. The molecule has 0 saturated carbocycles. The maximum Gasteiger partial charge on any atom is 0.173 e. The molecular formula is C13H16N4O2. The Morgan fingerprint density at radius 3 is 3.00 bits per heavy atom. The third kappa shape index (κ3) is 3.04. The number of benzene rings is 1. The van der Waals surface area contributed by atoms with Gasteiger partial charge >= 0.3 is 0 Å². The van der Waals surface area contributed by atoms with Gasteiger partial charge in [0.25, 0.3) is 0 Å². The maximum atomic E-state index is 8.74. The van der Waals surface area contributed by atoms with Crippen molar-refractivity contribution >= 4 is 5.84 Å². The number of hydrogen-bond donors (Lipinski definition) is 2. The van der Waals surface area contributed by atoms with Gasteiger partial charge in [-0.25, -0.2) is 0 Å². The number of ether oxygens (including phenoxy) is 1. The monoisotopic (exact) mass is 260 g/mol. The van der Waals surface area contributed by atoms with Crippen molar-refractivity contribution < 1.29 is 9.94 Å². The quantitative estimate of drug-likeness (QED) is 0.373. The van der Waals surface area contributed by atoms with Gasteiger partial charge in [0, 0.05) is 6.54 Å². The normalized spacial score (nSPS) is 11.5. The standard InChI is InChI=1S/C13H16N4O2/c1-2-7-17-9-10(8-15-17)19-12-6-4-3-5-11(12)13(14)16-18/h3-6,8-9,18H,2,7H2,1H3,(H2,14,16). The molecule has 0 saturated heterocycles. The van der Waals surface area contributed by atoms with Gasteiger partial charge in [-0.3, -0.25) is 4.68 Å². The summed E-state index contributed by atoms with van der Waals surface area (Å²) in [4.78, 5) is 0. The molecule has 1 heterocycles. The van der Waals surface area contributed by atoms with Crippen LogP contribution in [0.25, 0.3) is 0 Å². The van der Waals surface area contributed by atoms with E-state index in [0.29, 0.717) is 17.1 Å². The van der Waals surface area contributed by atoms with Gasteiger partial charge in [0.05, 0.1) is 18.0 Å². The number of aryl methyl sites for hydroxylation is 1. The van der Waals surface area contributed by atoms with Crippen LogP contribution in [0, 0.1) is 0 Å². The zero-order chi connectivity index (χ0) is 13.7.